The van der Waals surface area contributed by atoms with E-state index in [9.17, 15) is 0 Å². The van der Waals surface area contributed by atoms with Gasteiger partial charge in [-0.05, 0) is 24.3 Å². The molecular weight excluding hydrogens is 228 g/mol. The Bertz CT molecular complexity index is 509. The zero-order valence-electron chi connectivity index (χ0n) is 10.2. The maximum Gasteiger partial charge on any atom is 0.421 e. The number of rotatable bonds is 3. The van der Waals surface area contributed by atoms with Crippen molar-refractivity contribution in [2.75, 3.05) is 7.11 Å². The number of benzene rings is 1. The van der Waals surface area contributed by atoms with Crippen molar-refractivity contribution in [2.24, 2.45) is 24.3 Å². The Hall–Kier alpha value is -2.17. The molecule has 0 amide bonds. The molecule has 5 heteroatoms. The topological polar surface area (TPSA) is 42.8 Å². The van der Waals surface area contributed by atoms with Gasteiger partial charge in [-0.2, -0.15) is 0 Å². The zero-order valence-corrected chi connectivity index (χ0v) is 10.2. The molecule has 0 aliphatic rings. The first-order valence-corrected chi connectivity index (χ1v) is 5.27. The average Bonchev–Trinajstić information content (AvgIpc) is 2.67. The smallest absolute Gasteiger partial charge is 0.421 e. The summed E-state index contributed by atoms with van der Waals surface area (Å²) in [5.74, 6) is 1.61. The molecule has 0 spiro atoms. The molecule has 5 nitrogen and oxygen atoms in total. The number of aromatic nitrogens is 2. The van der Waals surface area contributed by atoms with Crippen molar-refractivity contribution in [1.29, 1.82) is 0 Å². The molecule has 18 heavy (non-hydrogen) atoms. The minimum Gasteiger partial charge on any atom is -0.497 e. The van der Waals surface area contributed by atoms with Gasteiger partial charge in [-0.25, -0.2) is 9.13 Å². The molecule has 1 aromatic carbocycles. The van der Waals surface area contributed by atoms with Gasteiger partial charge in [0, 0.05) is 5.11 Å². The first-order valence-electron chi connectivity index (χ1n) is 5.27. The maximum atomic E-state index is 5.08. The van der Waals surface area contributed by atoms with E-state index < -0.39 is 0 Å². The standard InChI is InChI=1S/C12H15N4O.CH4/c1-15-8-9-16(2)12(15)14-13-10-4-6-11(17-3)7-5-10;/h4-9H,1-3H3;1H4/q+1;. The minimum absolute atomic E-state index is 0. The fraction of sp³-hybridized carbons (Fsp3) is 0.308. The van der Waals surface area contributed by atoms with Crippen LogP contribution in [0.1, 0.15) is 7.43 Å². The van der Waals surface area contributed by atoms with Crippen molar-refractivity contribution in [1.82, 2.24) is 4.57 Å². The lowest BCUT2D eigenvalue weighted by molar-refractivity contribution is -0.657. The Morgan fingerprint density at radius 1 is 1.17 bits per heavy atom. The van der Waals surface area contributed by atoms with Crippen LogP contribution in [0.2, 0.25) is 0 Å². The third-order valence-corrected chi connectivity index (χ3v) is 2.47. The fourth-order valence-electron chi connectivity index (χ4n) is 1.47. The maximum absolute atomic E-state index is 5.08. The summed E-state index contributed by atoms with van der Waals surface area (Å²) < 4.78 is 8.90. The molecule has 0 fully saturated rings. The number of nitrogens with zero attached hydrogens (tertiary/aromatic N) is 4. The van der Waals surface area contributed by atoms with Crippen LogP contribution in [0.4, 0.5) is 11.6 Å². The van der Waals surface area contributed by atoms with Gasteiger partial charge in [0.15, 0.2) is 0 Å². The van der Waals surface area contributed by atoms with E-state index in [1.807, 2.05) is 59.9 Å². The highest BCUT2D eigenvalue weighted by atomic mass is 16.5. The van der Waals surface area contributed by atoms with Crippen molar-refractivity contribution < 1.29 is 9.30 Å². The Kier molecular flexibility index (Phi) is 4.59. The van der Waals surface area contributed by atoms with Crippen molar-refractivity contribution in [3.63, 3.8) is 0 Å². The Labute approximate surface area is 107 Å². The SMILES string of the molecule is C.COc1ccc(N=Nc2n(C)cc[n+]2C)cc1. The van der Waals surface area contributed by atoms with Crippen LogP contribution in [0, 0.1) is 0 Å². The molecule has 0 aliphatic carbocycles. The average molecular weight is 247 g/mol. The van der Waals surface area contributed by atoms with Crippen molar-refractivity contribution in [3.05, 3.63) is 36.7 Å². The lowest BCUT2D eigenvalue weighted by Gasteiger charge is -1.96. The van der Waals surface area contributed by atoms with E-state index >= 15 is 0 Å². The first kappa shape index (κ1) is 13.9. The summed E-state index contributed by atoms with van der Waals surface area (Å²) in [5.41, 5.74) is 0.798. The first-order chi connectivity index (χ1) is 8.20. The second-order valence-corrected chi connectivity index (χ2v) is 3.72. The fourth-order valence-corrected chi connectivity index (χ4v) is 1.47. The molecule has 0 unspecified atom stereocenters. The molecule has 2 rings (SSSR count). The molecule has 1 heterocycles. The molecule has 0 saturated heterocycles. The predicted molar refractivity (Wildman–Crippen MR) is 70.5 cm³/mol. The summed E-state index contributed by atoms with van der Waals surface area (Å²) in [6.45, 7) is 0. The van der Waals surface area contributed by atoms with Crippen molar-refractivity contribution in [3.8, 4) is 5.75 Å². The van der Waals surface area contributed by atoms with E-state index in [4.69, 9.17) is 4.74 Å². The summed E-state index contributed by atoms with van der Waals surface area (Å²) >= 11 is 0. The Morgan fingerprint density at radius 2 is 1.83 bits per heavy atom. The quantitative estimate of drug-likeness (QED) is 0.607. The molecule has 96 valence electrons. The van der Waals surface area contributed by atoms with E-state index in [-0.39, 0.29) is 7.43 Å². The van der Waals surface area contributed by atoms with E-state index in [1.165, 1.54) is 0 Å². The Morgan fingerprint density at radius 3 is 2.33 bits per heavy atom. The molecule has 0 saturated carbocycles. The van der Waals surface area contributed by atoms with Gasteiger partial charge in [-0.1, -0.05) is 12.5 Å². The van der Waals surface area contributed by atoms with Gasteiger partial charge in [0.05, 0.1) is 33.6 Å². The van der Waals surface area contributed by atoms with Gasteiger partial charge in [0.1, 0.15) is 11.4 Å². The third kappa shape index (κ3) is 2.94. The normalized spacial score (nSPS) is 10.4. The van der Waals surface area contributed by atoms with Crippen LogP contribution >= 0.6 is 0 Å². The van der Waals surface area contributed by atoms with Crippen LogP contribution in [0.25, 0.3) is 0 Å². The highest BCUT2D eigenvalue weighted by Crippen LogP contribution is 2.19. The highest BCUT2D eigenvalue weighted by molar-refractivity contribution is 5.40. The second kappa shape index (κ2) is 5.95. The van der Waals surface area contributed by atoms with E-state index in [1.54, 1.807) is 7.11 Å². The van der Waals surface area contributed by atoms with Crippen molar-refractivity contribution in [2.45, 2.75) is 7.43 Å². The number of ether oxygens (including phenoxy) is 1. The second-order valence-electron chi connectivity index (χ2n) is 3.72. The number of hydrogen-bond acceptors (Lipinski definition) is 3. The highest BCUT2D eigenvalue weighted by Gasteiger charge is 2.09. The van der Waals surface area contributed by atoms with Crippen LogP contribution in [0.15, 0.2) is 46.9 Å². The Balaban J connectivity index is 0.00000162. The monoisotopic (exact) mass is 247 g/mol. The minimum atomic E-state index is 0. The van der Waals surface area contributed by atoms with Gasteiger partial charge in [0.25, 0.3) is 0 Å². The van der Waals surface area contributed by atoms with Crippen molar-refractivity contribution >= 4 is 11.6 Å². The molecule has 2 aromatic rings. The van der Waals surface area contributed by atoms with E-state index in [0.717, 1.165) is 17.4 Å². The summed E-state index contributed by atoms with van der Waals surface area (Å²) in [5, 5.41) is 8.37. The van der Waals surface area contributed by atoms with E-state index in [0.29, 0.717) is 0 Å². The van der Waals surface area contributed by atoms with Gasteiger partial charge < -0.3 is 4.74 Å². The molecule has 1 aromatic heterocycles. The third-order valence-electron chi connectivity index (χ3n) is 2.47. The van der Waals surface area contributed by atoms with Gasteiger partial charge in [-0.3, -0.25) is 0 Å². The van der Waals surface area contributed by atoms with Crippen LogP contribution in [0.5, 0.6) is 5.75 Å². The summed E-state index contributed by atoms with van der Waals surface area (Å²) in [6.07, 6.45) is 3.87. The van der Waals surface area contributed by atoms with Gasteiger partial charge in [-0.15, -0.1) is 0 Å². The van der Waals surface area contributed by atoms with Gasteiger partial charge in [0.2, 0.25) is 0 Å². The summed E-state index contributed by atoms with van der Waals surface area (Å²) in [4.78, 5) is 0. The molecule has 0 radical (unpaired) electrons. The molecule has 0 bridgehead atoms. The van der Waals surface area contributed by atoms with Crippen LogP contribution < -0.4 is 9.30 Å². The lowest BCUT2D eigenvalue weighted by atomic mass is 10.3. The number of imidazole rings is 1. The predicted octanol–water partition coefficient (Wildman–Crippen LogP) is 2.91. The summed E-state index contributed by atoms with van der Waals surface area (Å²) in [7, 11) is 5.51. The van der Waals surface area contributed by atoms with Crippen LogP contribution in [-0.2, 0) is 14.1 Å². The molecular formula is C13H19N4O+. The zero-order chi connectivity index (χ0) is 12.3. The van der Waals surface area contributed by atoms with Crippen LogP contribution in [0.3, 0.4) is 0 Å². The lowest BCUT2D eigenvalue weighted by Crippen LogP contribution is -2.25. The number of azo groups is 1. The molecule has 0 aliphatic heterocycles. The largest absolute Gasteiger partial charge is 0.497 e. The number of hydrogen-bond donors (Lipinski definition) is 0. The molecule has 0 N–H and O–H groups in total. The van der Waals surface area contributed by atoms with Gasteiger partial charge >= 0.3 is 5.95 Å². The molecule has 0 atom stereocenters. The van der Waals surface area contributed by atoms with Crippen LogP contribution in [-0.4, -0.2) is 11.7 Å². The van der Waals surface area contributed by atoms with E-state index in [2.05, 4.69) is 10.2 Å². The number of aryl methyl sites for hydroxylation is 2. The summed E-state index contributed by atoms with van der Waals surface area (Å²) in [6, 6.07) is 7.45. The number of methoxy groups -OCH3 is 1.